The molecule has 0 aromatic heterocycles. The van der Waals surface area contributed by atoms with Gasteiger partial charge in [0.25, 0.3) is 0 Å². The second-order valence-corrected chi connectivity index (χ2v) is 8.76. The van der Waals surface area contributed by atoms with E-state index in [1.54, 1.807) is 6.26 Å². The van der Waals surface area contributed by atoms with Crippen LogP contribution in [0, 0.1) is 23.7 Å². The first-order valence-electron chi connectivity index (χ1n) is 8.80. The largest absolute Gasteiger partial charge is 0.612 e. The summed E-state index contributed by atoms with van der Waals surface area (Å²) in [5.41, 5.74) is 0. The van der Waals surface area contributed by atoms with E-state index in [0.29, 0.717) is 30.3 Å². The Morgan fingerprint density at radius 1 is 1.29 bits per heavy atom. The van der Waals surface area contributed by atoms with Gasteiger partial charge in [0.1, 0.15) is 12.0 Å². The highest BCUT2D eigenvalue weighted by molar-refractivity contribution is 7.90. The number of nitrogens with zero attached hydrogens (tertiary/aromatic N) is 1. The van der Waals surface area contributed by atoms with E-state index in [9.17, 15) is 9.66 Å². The average Bonchev–Trinajstić information content (AvgIpc) is 2.90. The molecule has 2 rings (SSSR count). The predicted octanol–water partition coefficient (Wildman–Crippen LogP) is 2.64. The molecule has 1 heterocycles. The Bertz CT molecular complexity index is 492. The molecule has 1 aliphatic rings. The highest BCUT2D eigenvalue weighted by Gasteiger charge is 2.31. The monoisotopic (exact) mass is 353 g/mol. The SMILES string of the molecule is CC(C)C(CO)CN1CC(C)C(COc2ccc([S+](C)[O-])cc2)C1. The number of aliphatic hydroxyl groups excluding tert-OH is 1. The van der Waals surface area contributed by atoms with Gasteiger partial charge in [-0.05, 0) is 53.2 Å². The van der Waals surface area contributed by atoms with Crippen molar-refractivity contribution in [3.05, 3.63) is 24.3 Å². The van der Waals surface area contributed by atoms with Crippen molar-refractivity contribution in [1.82, 2.24) is 4.90 Å². The first-order valence-corrected chi connectivity index (χ1v) is 10.4. The van der Waals surface area contributed by atoms with Crippen molar-refractivity contribution in [3.63, 3.8) is 0 Å². The molecule has 1 fully saturated rings. The van der Waals surface area contributed by atoms with E-state index in [1.165, 1.54) is 0 Å². The van der Waals surface area contributed by atoms with E-state index in [0.717, 1.165) is 30.3 Å². The molecular formula is C19H31NO3S. The van der Waals surface area contributed by atoms with Gasteiger partial charge < -0.3 is 19.3 Å². The molecule has 0 spiro atoms. The number of rotatable bonds is 8. The Morgan fingerprint density at radius 2 is 1.96 bits per heavy atom. The normalized spacial score (nSPS) is 24.3. The Morgan fingerprint density at radius 3 is 2.50 bits per heavy atom. The Balaban J connectivity index is 1.82. The van der Waals surface area contributed by atoms with E-state index in [-0.39, 0.29) is 6.61 Å². The van der Waals surface area contributed by atoms with Gasteiger partial charge in [-0.3, -0.25) is 0 Å². The van der Waals surface area contributed by atoms with Gasteiger partial charge in [0.15, 0.2) is 4.90 Å². The topological polar surface area (TPSA) is 55.8 Å². The van der Waals surface area contributed by atoms with E-state index in [1.807, 2.05) is 24.3 Å². The molecule has 0 aliphatic carbocycles. The maximum atomic E-state index is 11.4. The summed E-state index contributed by atoms with van der Waals surface area (Å²) >= 11 is -0.947. The summed E-state index contributed by atoms with van der Waals surface area (Å²) in [6.45, 7) is 10.7. The van der Waals surface area contributed by atoms with E-state index >= 15 is 0 Å². The molecule has 1 aromatic carbocycles. The Hall–Kier alpha value is -0.750. The number of likely N-dealkylation sites (tertiary alicyclic amines) is 1. The van der Waals surface area contributed by atoms with Gasteiger partial charge in [0.2, 0.25) is 0 Å². The lowest BCUT2D eigenvalue weighted by Crippen LogP contribution is -2.32. The lowest BCUT2D eigenvalue weighted by atomic mass is 9.96. The standard InChI is InChI=1S/C19H31NO3S/c1-14(2)16(12-21)10-20-9-15(3)17(11-20)13-23-18-5-7-19(8-6-18)24(4)22/h5-8,14-17,21H,9-13H2,1-4H3. The van der Waals surface area contributed by atoms with Crippen molar-refractivity contribution >= 4 is 11.2 Å². The second kappa shape index (κ2) is 9.09. The summed E-state index contributed by atoms with van der Waals surface area (Å²) in [7, 11) is 0. The molecule has 1 aliphatic heterocycles. The third-order valence-corrected chi connectivity index (χ3v) is 6.07. The van der Waals surface area contributed by atoms with Crippen LogP contribution in [0.1, 0.15) is 20.8 Å². The van der Waals surface area contributed by atoms with Crippen LogP contribution in [-0.4, -0.2) is 53.7 Å². The molecule has 0 radical (unpaired) electrons. The van der Waals surface area contributed by atoms with Gasteiger partial charge in [-0.15, -0.1) is 0 Å². The van der Waals surface area contributed by atoms with Crippen LogP contribution in [-0.2, 0) is 11.2 Å². The zero-order chi connectivity index (χ0) is 17.7. The summed E-state index contributed by atoms with van der Waals surface area (Å²) in [4.78, 5) is 3.29. The maximum absolute atomic E-state index is 11.4. The quantitative estimate of drug-likeness (QED) is 0.730. The summed E-state index contributed by atoms with van der Waals surface area (Å²) < 4.78 is 17.4. The molecule has 136 valence electrons. The van der Waals surface area contributed by atoms with Crippen molar-refractivity contribution in [2.24, 2.45) is 23.7 Å². The minimum absolute atomic E-state index is 0.259. The molecule has 24 heavy (non-hydrogen) atoms. The summed E-state index contributed by atoms with van der Waals surface area (Å²) in [5.74, 6) is 2.79. The molecule has 1 saturated heterocycles. The molecule has 4 unspecified atom stereocenters. The molecule has 0 amide bonds. The van der Waals surface area contributed by atoms with Crippen LogP contribution in [0.25, 0.3) is 0 Å². The zero-order valence-electron chi connectivity index (χ0n) is 15.3. The van der Waals surface area contributed by atoms with E-state index in [4.69, 9.17) is 4.74 Å². The van der Waals surface area contributed by atoms with Gasteiger partial charge in [0, 0.05) is 32.2 Å². The zero-order valence-corrected chi connectivity index (χ0v) is 16.1. The molecule has 5 heteroatoms. The number of ether oxygens (including phenoxy) is 1. The third-order valence-electron chi connectivity index (χ3n) is 5.13. The smallest absolute Gasteiger partial charge is 0.152 e. The molecule has 4 atom stereocenters. The van der Waals surface area contributed by atoms with Gasteiger partial charge in [0.05, 0.1) is 6.61 Å². The number of benzene rings is 1. The highest BCUT2D eigenvalue weighted by Crippen LogP contribution is 2.26. The van der Waals surface area contributed by atoms with Crippen molar-refractivity contribution in [2.45, 2.75) is 25.7 Å². The molecule has 0 bridgehead atoms. The maximum Gasteiger partial charge on any atom is 0.152 e. The molecule has 0 saturated carbocycles. The van der Waals surface area contributed by atoms with Crippen molar-refractivity contribution < 1.29 is 14.4 Å². The number of aliphatic hydroxyl groups is 1. The van der Waals surface area contributed by atoms with Crippen LogP contribution >= 0.6 is 0 Å². The fourth-order valence-corrected chi connectivity index (χ4v) is 3.77. The second-order valence-electron chi connectivity index (χ2n) is 7.38. The predicted molar refractivity (Wildman–Crippen MR) is 98.8 cm³/mol. The van der Waals surface area contributed by atoms with Crippen LogP contribution in [0.5, 0.6) is 5.75 Å². The van der Waals surface area contributed by atoms with Gasteiger partial charge in [-0.2, -0.15) is 0 Å². The third kappa shape index (κ3) is 5.38. The van der Waals surface area contributed by atoms with E-state index < -0.39 is 11.2 Å². The Labute approximate surface area is 149 Å². The number of hydrogen-bond donors (Lipinski definition) is 1. The van der Waals surface area contributed by atoms with Crippen LogP contribution in [0.2, 0.25) is 0 Å². The summed E-state index contributed by atoms with van der Waals surface area (Å²) in [6, 6.07) is 7.53. The van der Waals surface area contributed by atoms with Gasteiger partial charge >= 0.3 is 0 Å². The van der Waals surface area contributed by atoms with Crippen molar-refractivity contribution in [2.75, 3.05) is 39.1 Å². The average molecular weight is 354 g/mol. The first-order chi connectivity index (χ1) is 11.4. The minimum atomic E-state index is -0.947. The summed E-state index contributed by atoms with van der Waals surface area (Å²) in [5, 5.41) is 9.53. The lowest BCUT2D eigenvalue weighted by molar-refractivity contribution is 0.141. The minimum Gasteiger partial charge on any atom is -0.612 e. The Kier molecular flexibility index (Phi) is 7.41. The van der Waals surface area contributed by atoms with Gasteiger partial charge in [-0.1, -0.05) is 20.8 Å². The molecular weight excluding hydrogens is 322 g/mol. The van der Waals surface area contributed by atoms with Crippen molar-refractivity contribution in [1.29, 1.82) is 0 Å². The van der Waals surface area contributed by atoms with Crippen LogP contribution in [0.4, 0.5) is 0 Å². The first kappa shape index (κ1) is 19.6. The fraction of sp³-hybridized carbons (Fsp3) is 0.684. The lowest BCUT2D eigenvalue weighted by Gasteiger charge is -2.25. The van der Waals surface area contributed by atoms with Crippen LogP contribution in [0.15, 0.2) is 29.2 Å². The molecule has 1 aromatic rings. The van der Waals surface area contributed by atoms with Crippen LogP contribution in [0.3, 0.4) is 0 Å². The number of hydrogen-bond acceptors (Lipinski definition) is 4. The summed E-state index contributed by atoms with van der Waals surface area (Å²) in [6.07, 6.45) is 1.68. The van der Waals surface area contributed by atoms with Crippen molar-refractivity contribution in [3.8, 4) is 5.75 Å². The highest BCUT2D eigenvalue weighted by atomic mass is 32.2. The van der Waals surface area contributed by atoms with Crippen LogP contribution < -0.4 is 4.74 Å². The van der Waals surface area contributed by atoms with Gasteiger partial charge in [-0.25, -0.2) is 0 Å². The molecule has 1 N–H and O–H groups in total. The van der Waals surface area contributed by atoms with E-state index in [2.05, 4.69) is 25.7 Å². The molecule has 4 nitrogen and oxygen atoms in total. The fourth-order valence-electron chi connectivity index (χ4n) is 3.25.